The van der Waals surface area contributed by atoms with Crippen molar-refractivity contribution in [2.75, 3.05) is 17.7 Å². The van der Waals surface area contributed by atoms with Gasteiger partial charge in [0.2, 0.25) is 11.1 Å². The maximum atomic E-state index is 13.7. The van der Waals surface area contributed by atoms with Crippen LogP contribution in [0.1, 0.15) is 34.5 Å². The number of amides is 1. The van der Waals surface area contributed by atoms with Crippen molar-refractivity contribution < 1.29 is 23.8 Å². The molecule has 1 amide bonds. The van der Waals surface area contributed by atoms with Gasteiger partial charge in [-0.25, -0.2) is 13.9 Å². The Morgan fingerprint density at radius 1 is 1.13 bits per heavy atom. The molecule has 0 unspecified atom stereocenters. The van der Waals surface area contributed by atoms with E-state index in [0.717, 1.165) is 5.56 Å². The molecule has 2 heterocycles. The van der Waals surface area contributed by atoms with Crippen molar-refractivity contribution in [1.29, 1.82) is 0 Å². The third-order valence-corrected chi connectivity index (χ3v) is 7.07. The summed E-state index contributed by atoms with van der Waals surface area (Å²) in [5, 5.41) is 20.6. The molecule has 0 fully saturated rings. The minimum atomic E-state index is -1.05. The van der Waals surface area contributed by atoms with E-state index in [2.05, 4.69) is 20.7 Å². The molecule has 1 aliphatic rings. The summed E-state index contributed by atoms with van der Waals surface area (Å²) in [6.07, 6.45) is 0. The summed E-state index contributed by atoms with van der Waals surface area (Å²) in [7, 11) is 1.52. The van der Waals surface area contributed by atoms with Crippen LogP contribution in [0, 0.1) is 5.82 Å². The molecule has 1 aromatic heterocycles. The number of aromatic nitrogens is 3. The van der Waals surface area contributed by atoms with Crippen LogP contribution in [-0.2, 0) is 10.5 Å². The summed E-state index contributed by atoms with van der Waals surface area (Å²) in [4.78, 5) is 29.7. The van der Waals surface area contributed by atoms with Gasteiger partial charge in [-0.15, -0.1) is 5.10 Å². The van der Waals surface area contributed by atoms with Gasteiger partial charge in [0.05, 0.1) is 23.9 Å². The smallest absolute Gasteiger partial charge is 0.335 e. The monoisotopic (exact) mass is 545 g/mol. The molecule has 39 heavy (non-hydrogen) atoms. The highest BCUT2D eigenvalue weighted by Gasteiger charge is 2.34. The number of hydrogen-bond donors (Lipinski definition) is 3. The lowest BCUT2D eigenvalue weighted by Gasteiger charge is -2.28. The molecule has 4 aromatic rings. The Morgan fingerprint density at radius 2 is 1.90 bits per heavy atom. The van der Waals surface area contributed by atoms with E-state index in [1.165, 1.54) is 43.1 Å². The molecule has 5 rings (SSSR count). The second-order valence-electron chi connectivity index (χ2n) is 8.73. The summed E-state index contributed by atoms with van der Waals surface area (Å²) >= 11 is 1.33. The van der Waals surface area contributed by atoms with Crippen LogP contribution >= 0.6 is 11.8 Å². The van der Waals surface area contributed by atoms with Crippen LogP contribution in [0.25, 0.3) is 0 Å². The predicted molar refractivity (Wildman–Crippen MR) is 145 cm³/mol. The van der Waals surface area contributed by atoms with E-state index in [9.17, 15) is 19.1 Å². The molecule has 1 atom stereocenters. The molecule has 0 saturated heterocycles. The van der Waals surface area contributed by atoms with Crippen LogP contribution in [0.2, 0.25) is 0 Å². The Balaban J connectivity index is 1.51. The van der Waals surface area contributed by atoms with Crippen molar-refractivity contribution in [2.45, 2.75) is 23.9 Å². The quantitative estimate of drug-likeness (QED) is 0.254. The number of benzene rings is 3. The molecule has 0 bridgehead atoms. The maximum Gasteiger partial charge on any atom is 0.335 e. The van der Waals surface area contributed by atoms with Crippen LogP contribution in [0.5, 0.6) is 5.75 Å². The number of nitrogens with zero attached hydrogens (tertiary/aromatic N) is 3. The number of anilines is 2. The van der Waals surface area contributed by atoms with E-state index in [1.54, 1.807) is 54.1 Å². The number of carboxylic acids is 1. The first-order chi connectivity index (χ1) is 18.8. The molecule has 3 aromatic carbocycles. The van der Waals surface area contributed by atoms with Crippen LogP contribution in [0.4, 0.5) is 16.0 Å². The van der Waals surface area contributed by atoms with Gasteiger partial charge in [0.1, 0.15) is 17.6 Å². The predicted octanol–water partition coefficient (Wildman–Crippen LogP) is 5.34. The first kappa shape index (κ1) is 26.0. The van der Waals surface area contributed by atoms with Crippen LogP contribution in [0.15, 0.2) is 89.2 Å². The van der Waals surface area contributed by atoms with Gasteiger partial charge in [-0.2, -0.15) is 4.98 Å². The third kappa shape index (κ3) is 5.48. The number of carbonyl (C=O) groups excluding carboxylic acids is 1. The van der Waals surface area contributed by atoms with Crippen molar-refractivity contribution in [2.24, 2.45) is 0 Å². The Bertz CT molecular complexity index is 1590. The number of halogens is 1. The summed E-state index contributed by atoms with van der Waals surface area (Å²) in [5.74, 6) is -0.366. The second-order valence-corrected chi connectivity index (χ2v) is 9.67. The number of fused-ring (bicyclic) bond motifs is 1. The largest absolute Gasteiger partial charge is 0.495 e. The molecular weight excluding hydrogens is 521 g/mol. The zero-order valence-electron chi connectivity index (χ0n) is 21.0. The van der Waals surface area contributed by atoms with Gasteiger partial charge < -0.3 is 20.5 Å². The van der Waals surface area contributed by atoms with E-state index in [1.807, 2.05) is 6.07 Å². The van der Waals surface area contributed by atoms with Gasteiger partial charge >= 0.3 is 5.97 Å². The molecule has 3 N–H and O–H groups in total. The molecule has 9 nitrogen and oxygen atoms in total. The van der Waals surface area contributed by atoms with Crippen LogP contribution in [-0.4, -0.2) is 38.9 Å². The van der Waals surface area contributed by atoms with E-state index in [4.69, 9.17) is 4.74 Å². The summed E-state index contributed by atoms with van der Waals surface area (Å²) < 4.78 is 20.6. The number of allylic oxidation sites excluding steroid dienone is 1. The highest BCUT2D eigenvalue weighted by molar-refractivity contribution is 7.98. The molecular formula is C28H24FN5O4S. The number of hydrogen-bond acceptors (Lipinski definition) is 7. The molecule has 0 spiro atoms. The number of carboxylic acid groups (broad SMARTS) is 1. The van der Waals surface area contributed by atoms with E-state index < -0.39 is 12.0 Å². The van der Waals surface area contributed by atoms with Crippen molar-refractivity contribution in [1.82, 2.24) is 14.8 Å². The first-order valence-electron chi connectivity index (χ1n) is 11.9. The zero-order valence-corrected chi connectivity index (χ0v) is 21.8. The van der Waals surface area contributed by atoms with E-state index in [0.29, 0.717) is 45.1 Å². The summed E-state index contributed by atoms with van der Waals surface area (Å²) in [5.41, 5.74) is 3.01. The second kappa shape index (κ2) is 11.0. The van der Waals surface area contributed by atoms with Gasteiger partial charge in [-0.05, 0) is 54.4 Å². The normalized spacial score (nSPS) is 14.4. The fourth-order valence-electron chi connectivity index (χ4n) is 4.32. The topological polar surface area (TPSA) is 118 Å². The first-order valence-corrected chi connectivity index (χ1v) is 12.9. The number of thioether (sulfide) groups is 1. The van der Waals surface area contributed by atoms with Crippen molar-refractivity contribution in [3.05, 3.63) is 107 Å². The SMILES string of the molecule is COc1ccccc1NC(=O)C1=C(C)Nc2nc(SCc3cccc(F)c3)nn2[C@@H]1c1ccc(C(=O)O)cc1. The van der Waals surface area contributed by atoms with Crippen molar-refractivity contribution in [3.8, 4) is 5.75 Å². The van der Waals surface area contributed by atoms with Crippen LogP contribution in [0.3, 0.4) is 0 Å². The number of methoxy groups -OCH3 is 1. The molecule has 0 aliphatic carbocycles. The lowest BCUT2D eigenvalue weighted by atomic mass is 9.94. The minimum Gasteiger partial charge on any atom is -0.495 e. The van der Waals surface area contributed by atoms with Crippen LogP contribution < -0.4 is 15.4 Å². The summed E-state index contributed by atoms with van der Waals surface area (Å²) in [6, 6.07) is 19.0. The summed E-state index contributed by atoms with van der Waals surface area (Å²) in [6.45, 7) is 1.77. The molecule has 11 heteroatoms. The number of aromatic carboxylic acids is 1. The average Bonchev–Trinajstić information content (AvgIpc) is 3.34. The van der Waals surface area contributed by atoms with Gasteiger partial charge in [0, 0.05) is 11.4 Å². The number of para-hydroxylation sites is 2. The average molecular weight is 546 g/mol. The Morgan fingerprint density at radius 3 is 2.62 bits per heavy atom. The fourth-order valence-corrected chi connectivity index (χ4v) is 5.09. The number of nitrogens with one attached hydrogen (secondary N) is 2. The van der Waals surface area contributed by atoms with Gasteiger partial charge in [0.25, 0.3) is 5.91 Å². The van der Waals surface area contributed by atoms with Crippen molar-refractivity contribution in [3.63, 3.8) is 0 Å². The number of carbonyl (C=O) groups is 2. The number of rotatable bonds is 8. The molecule has 198 valence electrons. The minimum absolute atomic E-state index is 0.124. The zero-order chi connectivity index (χ0) is 27.5. The number of ether oxygens (including phenoxy) is 1. The van der Waals surface area contributed by atoms with E-state index in [-0.39, 0.29) is 17.3 Å². The molecule has 0 saturated carbocycles. The van der Waals surface area contributed by atoms with Gasteiger partial charge in [-0.3, -0.25) is 4.79 Å². The Hall–Kier alpha value is -4.64. The van der Waals surface area contributed by atoms with Gasteiger partial charge in [0.15, 0.2) is 0 Å². The molecule has 1 aliphatic heterocycles. The maximum absolute atomic E-state index is 13.7. The third-order valence-electron chi connectivity index (χ3n) is 6.16. The standard InChI is InChI=1S/C28H24FN5O4S/c1-16-23(25(35)31-21-8-3-4-9-22(21)38-2)24(18-10-12-19(13-11-18)26(36)37)34-27(30-16)32-28(33-34)39-15-17-6-5-7-20(29)14-17/h3-14,24H,15H2,1-2H3,(H,31,35)(H,36,37)(H,30,32,33)/t24-/m1/s1. The fraction of sp³-hybridized carbons (Fsp3) is 0.143. The Kier molecular flexibility index (Phi) is 7.33. The Labute approximate surface area is 227 Å². The lowest BCUT2D eigenvalue weighted by Crippen LogP contribution is -2.31. The highest BCUT2D eigenvalue weighted by Crippen LogP contribution is 2.37. The highest BCUT2D eigenvalue weighted by atomic mass is 32.2. The van der Waals surface area contributed by atoms with E-state index >= 15 is 0 Å². The molecule has 0 radical (unpaired) electrons. The van der Waals surface area contributed by atoms with Crippen molar-refractivity contribution >= 4 is 35.3 Å². The lowest BCUT2D eigenvalue weighted by molar-refractivity contribution is -0.113. The van der Waals surface area contributed by atoms with Gasteiger partial charge in [-0.1, -0.05) is 48.2 Å².